The molecule has 1 fully saturated rings. The van der Waals surface area contributed by atoms with E-state index in [0.717, 1.165) is 26.1 Å². The second kappa shape index (κ2) is 6.75. The van der Waals surface area contributed by atoms with Crippen LogP contribution in [0.3, 0.4) is 0 Å². The molecule has 1 amide bonds. The largest absolute Gasteiger partial charge is 0.385 e. The SMILES string of the molecule is COCCCNC(=O)C1CNCCN1. The van der Waals surface area contributed by atoms with Crippen molar-refractivity contribution >= 4 is 5.91 Å². The lowest BCUT2D eigenvalue weighted by Gasteiger charge is -2.23. The predicted octanol–water partition coefficient (Wildman–Crippen LogP) is -1.30. The van der Waals surface area contributed by atoms with Gasteiger partial charge in [-0.2, -0.15) is 0 Å². The summed E-state index contributed by atoms with van der Waals surface area (Å²) in [7, 11) is 1.66. The summed E-state index contributed by atoms with van der Waals surface area (Å²) >= 11 is 0. The summed E-state index contributed by atoms with van der Waals surface area (Å²) in [4.78, 5) is 11.5. The summed E-state index contributed by atoms with van der Waals surface area (Å²) in [5, 5.41) is 9.19. The molecule has 0 aromatic heterocycles. The first-order valence-electron chi connectivity index (χ1n) is 5.05. The normalized spacial score (nSPS) is 21.9. The Hall–Kier alpha value is -0.650. The molecule has 0 aromatic carbocycles. The monoisotopic (exact) mass is 201 g/mol. The van der Waals surface area contributed by atoms with Crippen molar-refractivity contribution in [2.24, 2.45) is 0 Å². The molecule has 1 atom stereocenters. The number of piperazine rings is 1. The zero-order chi connectivity index (χ0) is 10.2. The van der Waals surface area contributed by atoms with Gasteiger partial charge in [0.05, 0.1) is 6.04 Å². The fourth-order valence-corrected chi connectivity index (χ4v) is 1.39. The van der Waals surface area contributed by atoms with Crippen molar-refractivity contribution in [1.82, 2.24) is 16.0 Å². The molecule has 1 aliphatic heterocycles. The maximum Gasteiger partial charge on any atom is 0.238 e. The van der Waals surface area contributed by atoms with Crippen LogP contribution in [0.4, 0.5) is 0 Å². The maximum absolute atomic E-state index is 11.5. The molecule has 1 heterocycles. The molecule has 1 unspecified atom stereocenters. The van der Waals surface area contributed by atoms with Crippen molar-refractivity contribution in [1.29, 1.82) is 0 Å². The predicted molar refractivity (Wildman–Crippen MR) is 54.2 cm³/mol. The number of carbonyl (C=O) groups is 1. The van der Waals surface area contributed by atoms with E-state index in [9.17, 15) is 4.79 Å². The van der Waals surface area contributed by atoms with Gasteiger partial charge >= 0.3 is 0 Å². The van der Waals surface area contributed by atoms with Crippen molar-refractivity contribution in [3.63, 3.8) is 0 Å². The number of carbonyl (C=O) groups excluding carboxylic acids is 1. The van der Waals surface area contributed by atoms with Crippen LogP contribution in [-0.2, 0) is 9.53 Å². The van der Waals surface area contributed by atoms with Crippen LogP contribution in [0.2, 0.25) is 0 Å². The standard InChI is InChI=1S/C9H19N3O2/c1-14-6-2-3-12-9(13)8-7-10-4-5-11-8/h8,10-11H,2-7H2,1H3,(H,12,13). The van der Waals surface area contributed by atoms with E-state index in [1.54, 1.807) is 7.11 Å². The molecule has 5 nitrogen and oxygen atoms in total. The van der Waals surface area contributed by atoms with Crippen molar-refractivity contribution in [2.75, 3.05) is 39.9 Å². The topological polar surface area (TPSA) is 62.4 Å². The first-order chi connectivity index (χ1) is 6.84. The van der Waals surface area contributed by atoms with Gasteiger partial charge in [-0.3, -0.25) is 4.79 Å². The minimum absolute atomic E-state index is 0.0771. The molecular weight excluding hydrogens is 182 g/mol. The summed E-state index contributed by atoms with van der Waals surface area (Å²) in [6.07, 6.45) is 0.863. The fourth-order valence-electron chi connectivity index (χ4n) is 1.39. The van der Waals surface area contributed by atoms with Gasteiger partial charge in [0.15, 0.2) is 0 Å². The number of hydrogen-bond acceptors (Lipinski definition) is 4. The van der Waals surface area contributed by atoms with Crippen molar-refractivity contribution in [3.8, 4) is 0 Å². The Morgan fingerprint density at radius 2 is 2.43 bits per heavy atom. The van der Waals surface area contributed by atoms with E-state index in [2.05, 4.69) is 16.0 Å². The number of rotatable bonds is 5. The number of hydrogen-bond donors (Lipinski definition) is 3. The van der Waals surface area contributed by atoms with Gasteiger partial charge in [-0.25, -0.2) is 0 Å². The molecule has 14 heavy (non-hydrogen) atoms. The van der Waals surface area contributed by atoms with Crippen LogP contribution in [-0.4, -0.2) is 51.8 Å². The quantitative estimate of drug-likeness (QED) is 0.484. The lowest BCUT2D eigenvalue weighted by atomic mass is 10.2. The molecule has 1 aliphatic rings. The Kier molecular flexibility index (Phi) is 5.51. The number of ether oxygens (including phenoxy) is 1. The third kappa shape index (κ3) is 4.04. The third-order valence-electron chi connectivity index (χ3n) is 2.18. The van der Waals surface area contributed by atoms with Crippen LogP contribution in [0.5, 0.6) is 0 Å². The second-order valence-corrected chi connectivity index (χ2v) is 3.35. The first kappa shape index (κ1) is 11.4. The number of amides is 1. The molecule has 0 aliphatic carbocycles. The molecule has 1 rings (SSSR count). The van der Waals surface area contributed by atoms with Crippen LogP contribution < -0.4 is 16.0 Å². The molecule has 0 bridgehead atoms. The fraction of sp³-hybridized carbons (Fsp3) is 0.889. The summed E-state index contributed by atoms with van der Waals surface area (Å²) in [5.41, 5.74) is 0. The van der Waals surface area contributed by atoms with Crippen LogP contribution in [0.15, 0.2) is 0 Å². The Morgan fingerprint density at radius 1 is 1.57 bits per heavy atom. The van der Waals surface area contributed by atoms with Crippen LogP contribution in [0.25, 0.3) is 0 Å². The molecule has 0 spiro atoms. The summed E-state index contributed by atoms with van der Waals surface area (Å²) in [6.45, 7) is 3.89. The third-order valence-corrected chi connectivity index (χ3v) is 2.18. The van der Waals surface area contributed by atoms with E-state index in [0.29, 0.717) is 13.2 Å². The van der Waals surface area contributed by atoms with E-state index in [1.807, 2.05) is 0 Å². The highest BCUT2D eigenvalue weighted by atomic mass is 16.5. The van der Waals surface area contributed by atoms with Crippen LogP contribution in [0.1, 0.15) is 6.42 Å². The minimum atomic E-state index is -0.0775. The van der Waals surface area contributed by atoms with Crippen LogP contribution >= 0.6 is 0 Å². The Bertz CT molecular complexity index is 169. The highest BCUT2D eigenvalue weighted by molar-refractivity contribution is 5.82. The maximum atomic E-state index is 11.5. The van der Waals surface area contributed by atoms with Crippen LogP contribution in [0, 0.1) is 0 Å². The minimum Gasteiger partial charge on any atom is -0.385 e. The Labute approximate surface area is 84.6 Å². The number of nitrogens with one attached hydrogen (secondary N) is 3. The Balaban J connectivity index is 2.07. The van der Waals surface area contributed by atoms with Crippen molar-refractivity contribution < 1.29 is 9.53 Å². The van der Waals surface area contributed by atoms with E-state index >= 15 is 0 Å². The van der Waals surface area contributed by atoms with E-state index in [4.69, 9.17) is 4.74 Å². The van der Waals surface area contributed by atoms with E-state index in [1.165, 1.54) is 0 Å². The van der Waals surface area contributed by atoms with E-state index < -0.39 is 0 Å². The van der Waals surface area contributed by atoms with Gasteiger partial charge in [-0.15, -0.1) is 0 Å². The molecule has 82 valence electrons. The van der Waals surface area contributed by atoms with E-state index in [-0.39, 0.29) is 11.9 Å². The smallest absolute Gasteiger partial charge is 0.238 e. The molecule has 5 heteroatoms. The van der Waals surface area contributed by atoms with Gasteiger partial charge in [0.1, 0.15) is 0 Å². The summed E-state index contributed by atoms with van der Waals surface area (Å²) in [6, 6.07) is -0.0775. The molecule has 0 aromatic rings. The summed E-state index contributed by atoms with van der Waals surface area (Å²) in [5.74, 6) is 0.0771. The molecule has 0 saturated carbocycles. The first-order valence-corrected chi connectivity index (χ1v) is 5.05. The van der Waals surface area contributed by atoms with Gasteiger partial charge in [-0.1, -0.05) is 0 Å². The Morgan fingerprint density at radius 3 is 3.07 bits per heavy atom. The zero-order valence-corrected chi connectivity index (χ0v) is 8.64. The molecule has 1 saturated heterocycles. The van der Waals surface area contributed by atoms with Gasteiger partial charge in [0.2, 0.25) is 5.91 Å². The van der Waals surface area contributed by atoms with Crippen molar-refractivity contribution in [2.45, 2.75) is 12.5 Å². The lowest BCUT2D eigenvalue weighted by Crippen LogP contribution is -2.55. The van der Waals surface area contributed by atoms with Gasteiger partial charge < -0.3 is 20.7 Å². The van der Waals surface area contributed by atoms with Gasteiger partial charge in [0, 0.05) is 39.9 Å². The van der Waals surface area contributed by atoms with Gasteiger partial charge in [-0.05, 0) is 6.42 Å². The molecular formula is C9H19N3O2. The zero-order valence-electron chi connectivity index (χ0n) is 8.64. The summed E-state index contributed by atoms with van der Waals surface area (Å²) < 4.78 is 4.89. The second-order valence-electron chi connectivity index (χ2n) is 3.35. The molecule has 3 N–H and O–H groups in total. The van der Waals surface area contributed by atoms with Crippen molar-refractivity contribution in [3.05, 3.63) is 0 Å². The lowest BCUT2D eigenvalue weighted by molar-refractivity contribution is -0.123. The molecule has 0 radical (unpaired) electrons. The van der Waals surface area contributed by atoms with Gasteiger partial charge in [0.25, 0.3) is 0 Å². The highest BCUT2D eigenvalue weighted by Gasteiger charge is 2.19. The highest BCUT2D eigenvalue weighted by Crippen LogP contribution is 1.87. The average Bonchev–Trinajstić information content (AvgIpc) is 2.25. The average molecular weight is 201 g/mol. The number of methoxy groups -OCH3 is 1.